The second-order valence-corrected chi connectivity index (χ2v) is 8.03. The fraction of sp³-hybridized carbons (Fsp3) is 0.571. The Morgan fingerprint density at radius 2 is 2.00 bits per heavy atom. The number of halogens is 2. The van der Waals surface area contributed by atoms with Gasteiger partial charge in [0.05, 0.1) is 5.02 Å². The Labute approximate surface area is 130 Å². The molecule has 1 heterocycles. The van der Waals surface area contributed by atoms with Gasteiger partial charge in [-0.25, -0.2) is 17.1 Å². The van der Waals surface area contributed by atoms with Gasteiger partial charge in [-0.15, -0.1) is 0 Å². The molecule has 0 aliphatic carbocycles. The lowest BCUT2D eigenvalue weighted by Crippen LogP contribution is -2.38. The Morgan fingerprint density at radius 3 is 2.62 bits per heavy atom. The maximum Gasteiger partial charge on any atom is 0.244 e. The van der Waals surface area contributed by atoms with Crippen molar-refractivity contribution in [2.24, 2.45) is 5.92 Å². The first-order chi connectivity index (χ1) is 9.80. The standard InChI is InChI=1S/C14H20ClFN2O2S/c1-17-7-5-11(6-8-17)10-18(2)21(19,20)14-9-12(16)3-4-13(14)15/h3-4,9,11H,5-8,10H2,1-2H3. The smallest absolute Gasteiger partial charge is 0.244 e. The normalized spacial score (nSPS) is 18.3. The van der Waals surface area contributed by atoms with Crippen molar-refractivity contribution in [3.05, 3.63) is 29.0 Å². The van der Waals surface area contributed by atoms with Crippen LogP contribution in [0, 0.1) is 11.7 Å². The van der Waals surface area contributed by atoms with Crippen LogP contribution in [0.2, 0.25) is 5.02 Å². The molecule has 0 spiro atoms. The highest BCUT2D eigenvalue weighted by Gasteiger charge is 2.27. The van der Waals surface area contributed by atoms with Crippen LogP contribution in [0.3, 0.4) is 0 Å². The van der Waals surface area contributed by atoms with Crippen LogP contribution in [-0.2, 0) is 10.0 Å². The molecule has 1 fully saturated rings. The minimum Gasteiger partial charge on any atom is -0.306 e. The van der Waals surface area contributed by atoms with E-state index in [0.29, 0.717) is 12.5 Å². The number of benzene rings is 1. The summed E-state index contributed by atoms with van der Waals surface area (Å²) >= 11 is 5.91. The fourth-order valence-corrected chi connectivity index (χ4v) is 4.28. The van der Waals surface area contributed by atoms with Gasteiger partial charge in [0, 0.05) is 13.6 Å². The number of nitrogens with zero attached hydrogens (tertiary/aromatic N) is 2. The van der Waals surface area contributed by atoms with Gasteiger partial charge in [0.15, 0.2) is 0 Å². The van der Waals surface area contributed by atoms with Crippen LogP contribution in [0.15, 0.2) is 23.1 Å². The summed E-state index contributed by atoms with van der Waals surface area (Å²) in [5.74, 6) is -0.279. The largest absolute Gasteiger partial charge is 0.306 e. The number of sulfonamides is 1. The number of rotatable bonds is 4. The first-order valence-corrected chi connectivity index (χ1v) is 8.72. The van der Waals surface area contributed by atoms with E-state index in [1.165, 1.54) is 17.4 Å². The Hall–Kier alpha value is -0.690. The molecule has 0 N–H and O–H groups in total. The van der Waals surface area contributed by atoms with E-state index in [-0.39, 0.29) is 9.92 Å². The molecule has 4 nitrogen and oxygen atoms in total. The van der Waals surface area contributed by atoms with Crippen LogP contribution < -0.4 is 0 Å². The zero-order valence-electron chi connectivity index (χ0n) is 12.2. The first kappa shape index (κ1) is 16.7. The maximum absolute atomic E-state index is 13.3. The third-order valence-corrected chi connectivity index (χ3v) is 6.24. The van der Waals surface area contributed by atoms with E-state index >= 15 is 0 Å². The Morgan fingerprint density at radius 1 is 1.38 bits per heavy atom. The number of likely N-dealkylation sites (tertiary alicyclic amines) is 1. The summed E-state index contributed by atoms with van der Waals surface area (Å²) in [5.41, 5.74) is 0. The van der Waals surface area contributed by atoms with Crippen LogP contribution in [0.5, 0.6) is 0 Å². The van der Waals surface area contributed by atoms with Crippen molar-refractivity contribution in [3.63, 3.8) is 0 Å². The predicted molar refractivity (Wildman–Crippen MR) is 81.4 cm³/mol. The second-order valence-electron chi connectivity index (χ2n) is 5.61. The van der Waals surface area contributed by atoms with Crippen LogP contribution in [0.4, 0.5) is 4.39 Å². The average molecular weight is 335 g/mol. The molecule has 0 amide bonds. The summed E-state index contributed by atoms with van der Waals surface area (Å²) < 4.78 is 39.6. The van der Waals surface area contributed by atoms with E-state index < -0.39 is 15.8 Å². The highest BCUT2D eigenvalue weighted by atomic mass is 35.5. The fourth-order valence-electron chi connectivity index (χ4n) is 2.55. The summed E-state index contributed by atoms with van der Waals surface area (Å²) in [6, 6.07) is 3.40. The molecule has 21 heavy (non-hydrogen) atoms. The van der Waals surface area contributed by atoms with E-state index in [4.69, 9.17) is 11.6 Å². The van der Waals surface area contributed by atoms with E-state index in [2.05, 4.69) is 11.9 Å². The Kier molecular flexibility index (Phi) is 5.24. The van der Waals surface area contributed by atoms with Crippen LogP contribution in [0.1, 0.15) is 12.8 Å². The lowest BCUT2D eigenvalue weighted by Gasteiger charge is -2.31. The van der Waals surface area contributed by atoms with Crippen LogP contribution in [0.25, 0.3) is 0 Å². The molecule has 0 saturated carbocycles. The molecule has 118 valence electrons. The van der Waals surface area contributed by atoms with Gasteiger partial charge in [-0.2, -0.15) is 0 Å². The quantitative estimate of drug-likeness (QED) is 0.849. The summed E-state index contributed by atoms with van der Waals surface area (Å²) in [7, 11) is -0.176. The van der Waals surface area contributed by atoms with Gasteiger partial charge in [-0.1, -0.05) is 11.6 Å². The van der Waals surface area contributed by atoms with Crippen molar-refractivity contribution in [3.8, 4) is 0 Å². The lowest BCUT2D eigenvalue weighted by molar-refractivity contribution is 0.202. The molecule has 1 aromatic rings. The van der Waals surface area contributed by atoms with Crippen molar-refractivity contribution < 1.29 is 12.8 Å². The van der Waals surface area contributed by atoms with Crippen molar-refractivity contribution in [2.75, 3.05) is 33.7 Å². The second kappa shape index (κ2) is 6.60. The van der Waals surface area contributed by atoms with E-state index in [1.807, 2.05) is 0 Å². The van der Waals surface area contributed by atoms with Gasteiger partial charge < -0.3 is 4.90 Å². The van der Waals surface area contributed by atoms with E-state index in [9.17, 15) is 12.8 Å². The number of piperidine rings is 1. The van der Waals surface area contributed by atoms with E-state index in [0.717, 1.165) is 38.1 Å². The molecule has 0 bridgehead atoms. The van der Waals surface area contributed by atoms with Crippen molar-refractivity contribution >= 4 is 21.6 Å². The molecule has 0 unspecified atom stereocenters. The van der Waals surface area contributed by atoms with Gasteiger partial charge in [-0.05, 0) is 57.1 Å². The Bertz CT molecular complexity index is 601. The third-order valence-electron chi connectivity index (χ3n) is 3.93. The van der Waals surface area contributed by atoms with Crippen molar-refractivity contribution in [1.82, 2.24) is 9.21 Å². The van der Waals surface area contributed by atoms with Crippen LogP contribution >= 0.6 is 11.6 Å². The molecule has 7 heteroatoms. The minimum absolute atomic E-state index is 0.0478. The van der Waals surface area contributed by atoms with Crippen molar-refractivity contribution in [2.45, 2.75) is 17.7 Å². The summed E-state index contributed by atoms with van der Waals surface area (Å²) in [4.78, 5) is 2.06. The Balaban J connectivity index is 2.13. The molecule has 2 rings (SSSR count). The van der Waals surface area contributed by atoms with Gasteiger partial charge in [-0.3, -0.25) is 0 Å². The SMILES string of the molecule is CN1CCC(CN(C)S(=O)(=O)c2cc(F)ccc2Cl)CC1. The zero-order chi connectivity index (χ0) is 15.6. The number of hydrogen-bond donors (Lipinski definition) is 0. The monoisotopic (exact) mass is 334 g/mol. The molecule has 1 aliphatic heterocycles. The molecular weight excluding hydrogens is 315 g/mol. The van der Waals surface area contributed by atoms with Gasteiger partial charge in [0.2, 0.25) is 10.0 Å². The third kappa shape index (κ3) is 3.94. The molecule has 1 aliphatic rings. The highest BCUT2D eigenvalue weighted by molar-refractivity contribution is 7.89. The summed E-state index contributed by atoms with van der Waals surface area (Å²) in [5, 5.41) is 0.0478. The molecule has 0 aromatic heterocycles. The summed E-state index contributed by atoms with van der Waals surface area (Å²) in [6.45, 7) is 2.38. The number of hydrogen-bond acceptors (Lipinski definition) is 3. The van der Waals surface area contributed by atoms with Gasteiger partial charge >= 0.3 is 0 Å². The maximum atomic E-state index is 13.3. The van der Waals surface area contributed by atoms with Crippen molar-refractivity contribution in [1.29, 1.82) is 0 Å². The van der Waals surface area contributed by atoms with Crippen LogP contribution in [-0.4, -0.2) is 51.4 Å². The molecule has 1 saturated heterocycles. The van der Waals surface area contributed by atoms with Gasteiger partial charge in [0.1, 0.15) is 10.7 Å². The lowest BCUT2D eigenvalue weighted by atomic mass is 9.97. The molecule has 1 aromatic carbocycles. The van der Waals surface area contributed by atoms with E-state index in [1.54, 1.807) is 0 Å². The molecular formula is C14H20ClFN2O2S. The van der Waals surface area contributed by atoms with Gasteiger partial charge in [0.25, 0.3) is 0 Å². The predicted octanol–water partition coefficient (Wildman–Crippen LogP) is 2.44. The topological polar surface area (TPSA) is 40.6 Å². The average Bonchev–Trinajstić information content (AvgIpc) is 2.43. The molecule has 0 radical (unpaired) electrons. The summed E-state index contributed by atoms with van der Waals surface area (Å²) in [6.07, 6.45) is 1.93. The first-order valence-electron chi connectivity index (χ1n) is 6.90. The minimum atomic E-state index is -3.76. The highest BCUT2D eigenvalue weighted by Crippen LogP contribution is 2.26. The zero-order valence-corrected chi connectivity index (χ0v) is 13.8. The molecule has 0 atom stereocenters.